The number of allylic oxidation sites excluding steroid dienone is 6. The van der Waals surface area contributed by atoms with Crippen LogP contribution in [0.2, 0.25) is 0 Å². The first-order chi connectivity index (χ1) is 23.3. The molecule has 0 aromatic rings. The van der Waals surface area contributed by atoms with Gasteiger partial charge >= 0.3 is 11.9 Å². The Kier molecular flexibility index (Phi) is 33.2. The van der Waals surface area contributed by atoms with Crippen LogP contribution in [-0.2, 0) is 19.1 Å². The van der Waals surface area contributed by atoms with E-state index in [1.54, 1.807) is 0 Å². The van der Waals surface area contributed by atoms with Gasteiger partial charge in [0.25, 0.3) is 0 Å². The van der Waals surface area contributed by atoms with Crippen molar-refractivity contribution in [1.29, 1.82) is 0 Å². The maximum Gasteiger partial charge on any atom is 0.306 e. The van der Waals surface area contributed by atoms with Crippen LogP contribution in [0.15, 0.2) is 46.6 Å². The first kappa shape index (κ1) is 45.9. The second-order valence-corrected chi connectivity index (χ2v) is 14.4. The van der Waals surface area contributed by atoms with E-state index in [0.29, 0.717) is 26.1 Å². The highest BCUT2D eigenvalue weighted by Gasteiger charge is 2.06. The Balaban J connectivity index is 4.56. The van der Waals surface area contributed by atoms with Crippen LogP contribution >= 0.6 is 0 Å². The fraction of sp³-hybridized carbons (Fsp3) is 0.773. The van der Waals surface area contributed by atoms with Gasteiger partial charge in [-0.1, -0.05) is 152 Å². The first-order valence-corrected chi connectivity index (χ1v) is 20.2. The number of carbonyl (C=O) groups is 2. The van der Waals surface area contributed by atoms with E-state index >= 15 is 0 Å². The van der Waals surface area contributed by atoms with Gasteiger partial charge in [-0.15, -0.1) is 0 Å². The molecule has 0 N–H and O–H groups in total. The predicted octanol–water partition coefficient (Wildman–Crippen LogP) is 14.0. The van der Waals surface area contributed by atoms with Crippen molar-refractivity contribution >= 4 is 11.9 Å². The van der Waals surface area contributed by atoms with Gasteiger partial charge in [-0.3, -0.25) is 9.59 Å². The third kappa shape index (κ3) is 33.8. The Morgan fingerprint density at radius 1 is 0.438 bits per heavy atom. The zero-order valence-corrected chi connectivity index (χ0v) is 32.7. The Morgan fingerprint density at radius 2 is 0.854 bits per heavy atom. The van der Waals surface area contributed by atoms with Crippen LogP contribution in [0.1, 0.15) is 208 Å². The van der Waals surface area contributed by atoms with E-state index in [2.05, 4.69) is 59.8 Å². The highest BCUT2D eigenvalue weighted by molar-refractivity contribution is 5.69. The van der Waals surface area contributed by atoms with Crippen LogP contribution < -0.4 is 0 Å². The molecule has 0 atom stereocenters. The lowest BCUT2D eigenvalue weighted by molar-refractivity contribution is -0.143. The number of hydrogen-bond donors (Lipinski definition) is 0. The average molecular weight is 671 g/mol. The van der Waals surface area contributed by atoms with Crippen molar-refractivity contribution in [2.45, 2.75) is 208 Å². The van der Waals surface area contributed by atoms with Gasteiger partial charge in [0.2, 0.25) is 0 Å². The number of rotatable bonds is 33. The Morgan fingerprint density at radius 3 is 1.35 bits per heavy atom. The van der Waals surface area contributed by atoms with Crippen molar-refractivity contribution in [3.63, 3.8) is 0 Å². The van der Waals surface area contributed by atoms with Gasteiger partial charge in [-0.05, 0) is 90.7 Å². The molecule has 0 aromatic heterocycles. The number of unbranched alkanes of at least 4 members (excludes halogenated alkanes) is 16. The SMILES string of the molecule is CCCCCCCCCCCC(=O)OCC=C(C)CCC=C(CCC=C(C)CCC=C(C)C)COC(=O)CCCCCCCCCCC. The summed E-state index contributed by atoms with van der Waals surface area (Å²) in [7, 11) is 0. The molecule has 0 rings (SSSR count). The zero-order chi connectivity index (χ0) is 35.5. The van der Waals surface area contributed by atoms with E-state index in [0.717, 1.165) is 64.2 Å². The van der Waals surface area contributed by atoms with E-state index in [1.807, 2.05) is 6.08 Å². The molecule has 278 valence electrons. The van der Waals surface area contributed by atoms with Gasteiger partial charge in [-0.2, -0.15) is 0 Å². The second-order valence-electron chi connectivity index (χ2n) is 14.4. The molecule has 4 nitrogen and oxygen atoms in total. The first-order valence-electron chi connectivity index (χ1n) is 20.2. The fourth-order valence-electron chi connectivity index (χ4n) is 5.79. The summed E-state index contributed by atoms with van der Waals surface area (Å²) in [4.78, 5) is 24.6. The summed E-state index contributed by atoms with van der Waals surface area (Å²) in [5.74, 6) is -0.157. The molecule has 0 bridgehead atoms. The molecular weight excluding hydrogens is 592 g/mol. The van der Waals surface area contributed by atoms with Crippen LogP contribution in [0.4, 0.5) is 0 Å². The summed E-state index contributed by atoms with van der Waals surface area (Å²) in [5, 5.41) is 0. The van der Waals surface area contributed by atoms with Gasteiger partial charge in [0, 0.05) is 12.8 Å². The molecule has 0 unspecified atom stereocenters. The average Bonchev–Trinajstić information content (AvgIpc) is 3.05. The minimum atomic E-state index is -0.0856. The third-order valence-corrected chi connectivity index (χ3v) is 9.08. The normalized spacial score (nSPS) is 12.3. The molecule has 0 fully saturated rings. The van der Waals surface area contributed by atoms with Crippen molar-refractivity contribution < 1.29 is 19.1 Å². The number of hydrogen-bond acceptors (Lipinski definition) is 4. The molecule has 0 aliphatic heterocycles. The summed E-state index contributed by atoms with van der Waals surface area (Å²) in [5.41, 5.74) is 5.21. The summed E-state index contributed by atoms with van der Waals surface area (Å²) >= 11 is 0. The van der Waals surface area contributed by atoms with Crippen molar-refractivity contribution in [3.8, 4) is 0 Å². The molecule has 0 spiro atoms. The zero-order valence-electron chi connectivity index (χ0n) is 32.7. The van der Waals surface area contributed by atoms with Crippen LogP contribution in [0.5, 0.6) is 0 Å². The highest BCUT2D eigenvalue weighted by atomic mass is 16.5. The van der Waals surface area contributed by atoms with Crippen LogP contribution in [0.3, 0.4) is 0 Å². The summed E-state index contributed by atoms with van der Waals surface area (Å²) in [6.07, 6.45) is 38.2. The topological polar surface area (TPSA) is 52.6 Å². The lowest BCUT2D eigenvalue weighted by atomic mass is 10.0. The number of carbonyl (C=O) groups excluding carboxylic acids is 2. The van der Waals surface area contributed by atoms with Crippen LogP contribution in [0.25, 0.3) is 0 Å². The molecule has 0 saturated carbocycles. The molecule has 0 amide bonds. The van der Waals surface area contributed by atoms with E-state index in [9.17, 15) is 9.59 Å². The van der Waals surface area contributed by atoms with Crippen molar-refractivity contribution in [2.24, 2.45) is 0 Å². The highest BCUT2D eigenvalue weighted by Crippen LogP contribution is 2.16. The smallest absolute Gasteiger partial charge is 0.306 e. The standard InChI is InChI=1S/C44H78O4/c1-7-9-11-13-15-17-19-21-23-34-43(45)47-37-36-41(6)31-27-33-42(32-26-30-40(5)29-25-28-39(3)4)38-48-44(46)35-24-22-20-18-16-14-12-10-8-2/h28,30,33,36H,7-27,29,31-32,34-35,37-38H2,1-6H3. The molecule has 0 radical (unpaired) electrons. The maximum absolute atomic E-state index is 12.5. The maximum atomic E-state index is 12.5. The molecular formula is C44H78O4. The van der Waals surface area contributed by atoms with Crippen LogP contribution in [-0.4, -0.2) is 25.2 Å². The Hall–Kier alpha value is -2.10. The van der Waals surface area contributed by atoms with Gasteiger partial charge < -0.3 is 9.47 Å². The number of ether oxygens (including phenoxy) is 2. The molecule has 4 heteroatoms. The van der Waals surface area contributed by atoms with Crippen molar-refractivity contribution in [2.75, 3.05) is 13.2 Å². The van der Waals surface area contributed by atoms with Crippen LogP contribution in [0, 0.1) is 0 Å². The number of esters is 2. The summed E-state index contributed by atoms with van der Waals surface area (Å²) in [6.45, 7) is 13.9. The quantitative estimate of drug-likeness (QED) is 0.0396. The Bertz CT molecular complexity index is 903. The second kappa shape index (κ2) is 34.8. The molecule has 0 aliphatic carbocycles. The lowest BCUT2D eigenvalue weighted by Crippen LogP contribution is -2.08. The van der Waals surface area contributed by atoms with E-state index < -0.39 is 0 Å². The fourth-order valence-corrected chi connectivity index (χ4v) is 5.79. The monoisotopic (exact) mass is 671 g/mol. The van der Waals surface area contributed by atoms with E-state index in [1.165, 1.54) is 112 Å². The minimum absolute atomic E-state index is 0.0717. The van der Waals surface area contributed by atoms with Gasteiger partial charge in [0.05, 0.1) is 0 Å². The molecule has 0 aliphatic rings. The largest absolute Gasteiger partial charge is 0.461 e. The summed E-state index contributed by atoms with van der Waals surface area (Å²) in [6, 6.07) is 0. The predicted molar refractivity (Wildman–Crippen MR) is 208 cm³/mol. The molecule has 0 aromatic carbocycles. The lowest BCUT2D eigenvalue weighted by Gasteiger charge is -2.10. The van der Waals surface area contributed by atoms with E-state index in [4.69, 9.17) is 9.47 Å². The van der Waals surface area contributed by atoms with Crippen molar-refractivity contribution in [3.05, 3.63) is 46.6 Å². The van der Waals surface area contributed by atoms with Gasteiger partial charge in [-0.25, -0.2) is 0 Å². The minimum Gasteiger partial charge on any atom is -0.461 e. The molecule has 0 saturated heterocycles. The third-order valence-electron chi connectivity index (χ3n) is 9.08. The van der Waals surface area contributed by atoms with Gasteiger partial charge in [0.15, 0.2) is 0 Å². The molecule has 48 heavy (non-hydrogen) atoms. The molecule has 0 heterocycles. The van der Waals surface area contributed by atoms with Crippen molar-refractivity contribution in [1.82, 2.24) is 0 Å². The summed E-state index contributed by atoms with van der Waals surface area (Å²) < 4.78 is 11.2. The van der Waals surface area contributed by atoms with Gasteiger partial charge in [0.1, 0.15) is 13.2 Å². The Labute approximate surface area is 298 Å². The van der Waals surface area contributed by atoms with E-state index in [-0.39, 0.29) is 11.9 Å².